The lowest BCUT2D eigenvalue weighted by molar-refractivity contribution is -0.139. The standard InChI is InChI=1S/C22H23ClN2O2/c1-15(27-18-8-6-17(23)7-9-18)22(26)25-12-10-16(11-13-25)20-14-24-21-5-3-2-4-19(20)21/h2-9,14-16,24H,10-13H2,1H3. The van der Waals surface area contributed by atoms with Crippen LogP contribution in [0.25, 0.3) is 10.9 Å². The maximum Gasteiger partial charge on any atom is 0.263 e. The van der Waals surface area contributed by atoms with Crippen LogP contribution in [0.2, 0.25) is 5.02 Å². The molecule has 1 saturated heterocycles. The van der Waals surface area contributed by atoms with Crippen LogP contribution in [0.4, 0.5) is 0 Å². The molecule has 4 rings (SSSR count). The molecule has 1 N–H and O–H groups in total. The third kappa shape index (κ3) is 3.81. The van der Waals surface area contributed by atoms with E-state index in [-0.39, 0.29) is 5.91 Å². The van der Waals surface area contributed by atoms with Crippen molar-refractivity contribution in [2.75, 3.05) is 13.1 Å². The van der Waals surface area contributed by atoms with E-state index >= 15 is 0 Å². The molecule has 0 saturated carbocycles. The molecule has 0 aliphatic carbocycles. The Kier molecular flexibility index (Phi) is 5.08. The number of ether oxygens (including phenoxy) is 1. The minimum absolute atomic E-state index is 0.0438. The van der Waals surface area contributed by atoms with E-state index in [1.807, 2.05) is 17.9 Å². The molecule has 0 bridgehead atoms. The van der Waals surface area contributed by atoms with Crippen molar-refractivity contribution in [2.24, 2.45) is 0 Å². The number of carbonyl (C=O) groups excluding carboxylic acids is 1. The van der Waals surface area contributed by atoms with Gasteiger partial charge in [-0.2, -0.15) is 0 Å². The first-order chi connectivity index (χ1) is 13.1. The first-order valence-corrected chi connectivity index (χ1v) is 9.76. The number of aromatic amines is 1. The number of hydrogen-bond donors (Lipinski definition) is 1. The van der Waals surface area contributed by atoms with E-state index in [4.69, 9.17) is 16.3 Å². The average Bonchev–Trinajstić information content (AvgIpc) is 3.13. The lowest BCUT2D eigenvalue weighted by Gasteiger charge is -2.33. The number of para-hydroxylation sites is 1. The van der Waals surface area contributed by atoms with E-state index in [0.717, 1.165) is 25.9 Å². The minimum Gasteiger partial charge on any atom is -0.481 e. The number of rotatable bonds is 4. The van der Waals surface area contributed by atoms with Gasteiger partial charge in [-0.05, 0) is 61.6 Å². The molecular formula is C22H23ClN2O2. The molecule has 1 aliphatic rings. The molecule has 2 heterocycles. The maximum absolute atomic E-state index is 12.7. The molecule has 140 valence electrons. The summed E-state index contributed by atoms with van der Waals surface area (Å²) in [5.74, 6) is 1.19. The molecule has 1 fully saturated rings. The van der Waals surface area contributed by atoms with Crippen LogP contribution in [0.5, 0.6) is 5.75 Å². The minimum atomic E-state index is -0.504. The highest BCUT2D eigenvalue weighted by molar-refractivity contribution is 6.30. The Bertz CT molecular complexity index is 927. The number of hydrogen-bond acceptors (Lipinski definition) is 2. The number of aromatic nitrogens is 1. The highest BCUT2D eigenvalue weighted by atomic mass is 35.5. The SMILES string of the molecule is CC(Oc1ccc(Cl)cc1)C(=O)N1CCC(c2c[nH]c3ccccc23)CC1. The molecule has 0 spiro atoms. The fraction of sp³-hybridized carbons (Fsp3) is 0.318. The van der Waals surface area contributed by atoms with Crippen LogP contribution in [0, 0.1) is 0 Å². The summed E-state index contributed by atoms with van der Waals surface area (Å²) >= 11 is 5.89. The van der Waals surface area contributed by atoms with Gasteiger partial charge in [0.25, 0.3) is 5.91 Å². The van der Waals surface area contributed by atoms with Gasteiger partial charge in [0, 0.05) is 35.2 Å². The van der Waals surface area contributed by atoms with Crippen LogP contribution < -0.4 is 4.74 Å². The summed E-state index contributed by atoms with van der Waals surface area (Å²) in [4.78, 5) is 18.0. The van der Waals surface area contributed by atoms with E-state index in [0.29, 0.717) is 16.7 Å². The Morgan fingerprint density at radius 2 is 1.85 bits per heavy atom. The zero-order valence-electron chi connectivity index (χ0n) is 15.3. The number of carbonyl (C=O) groups is 1. The highest BCUT2D eigenvalue weighted by Crippen LogP contribution is 2.33. The van der Waals surface area contributed by atoms with Gasteiger partial charge in [-0.1, -0.05) is 29.8 Å². The normalized spacial score (nSPS) is 16.4. The number of piperidine rings is 1. The summed E-state index contributed by atoms with van der Waals surface area (Å²) in [7, 11) is 0. The molecule has 3 aromatic rings. The summed E-state index contributed by atoms with van der Waals surface area (Å²) < 4.78 is 5.79. The third-order valence-corrected chi connectivity index (χ3v) is 5.59. The van der Waals surface area contributed by atoms with Crippen molar-refractivity contribution in [2.45, 2.75) is 31.8 Å². The second kappa shape index (κ2) is 7.65. The van der Waals surface area contributed by atoms with Gasteiger partial charge in [0.1, 0.15) is 5.75 Å². The van der Waals surface area contributed by atoms with Crippen LogP contribution in [-0.4, -0.2) is 35.0 Å². The van der Waals surface area contributed by atoms with E-state index in [1.165, 1.54) is 16.5 Å². The highest BCUT2D eigenvalue weighted by Gasteiger charge is 2.28. The van der Waals surface area contributed by atoms with Crippen molar-refractivity contribution in [3.63, 3.8) is 0 Å². The Labute approximate surface area is 164 Å². The van der Waals surface area contributed by atoms with Crippen molar-refractivity contribution < 1.29 is 9.53 Å². The first-order valence-electron chi connectivity index (χ1n) is 9.39. The zero-order chi connectivity index (χ0) is 18.8. The van der Waals surface area contributed by atoms with Gasteiger partial charge >= 0.3 is 0 Å². The zero-order valence-corrected chi connectivity index (χ0v) is 16.1. The molecule has 27 heavy (non-hydrogen) atoms. The average molecular weight is 383 g/mol. The van der Waals surface area contributed by atoms with E-state index in [2.05, 4.69) is 29.4 Å². The van der Waals surface area contributed by atoms with Crippen LogP contribution in [0.3, 0.4) is 0 Å². The summed E-state index contributed by atoms with van der Waals surface area (Å²) in [5, 5.41) is 1.95. The van der Waals surface area contributed by atoms with Crippen molar-refractivity contribution in [3.05, 3.63) is 65.3 Å². The fourth-order valence-electron chi connectivity index (χ4n) is 3.87. The molecule has 1 unspecified atom stereocenters. The fourth-order valence-corrected chi connectivity index (χ4v) is 3.99. The smallest absolute Gasteiger partial charge is 0.263 e. The molecule has 1 amide bonds. The third-order valence-electron chi connectivity index (χ3n) is 5.34. The first kappa shape index (κ1) is 17.9. The van der Waals surface area contributed by atoms with Crippen molar-refractivity contribution in [1.29, 1.82) is 0 Å². The maximum atomic E-state index is 12.7. The lowest BCUT2D eigenvalue weighted by Crippen LogP contribution is -2.44. The van der Waals surface area contributed by atoms with Gasteiger partial charge in [-0.25, -0.2) is 0 Å². The van der Waals surface area contributed by atoms with E-state index in [1.54, 1.807) is 24.3 Å². The number of amides is 1. The summed E-state index contributed by atoms with van der Waals surface area (Å²) in [6.45, 7) is 3.33. The van der Waals surface area contributed by atoms with Crippen molar-refractivity contribution in [3.8, 4) is 5.75 Å². The molecule has 1 aliphatic heterocycles. The van der Waals surface area contributed by atoms with Crippen LogP contribution in [0.15, 0.2) is 54.7 Å². The van der Waals surface area contributed by atoms with Crippen LogP contribution in [-0.2, 0) is 4.79 Å². The molecule has 2 aromatic carbocycles. The van der Waals surface area contributed by atoms with E-state index in [9.17, 15) is 4.79 Å². The van der Waals surface area contributed by atoms with Gasteiger partial charge in [0.15, 0.2) is 6.10 Å². The van der Waals surface area contributed by atoms with Crippen LogP contribution in [0.1, 0.15) is 31.2 Å². The van der Waals surface area contributed by atoms with Crippen molar-refractivity contribution in [1.82, 2.24) is 9.88 Å². The quantitative estimate of drug-likeness (QED) is 0.690. The van der Waals surface area contributed by atoms with E-state index < -0.39 is 6.10 Å². The summed E-state index contributed by atoms with van der Waals surface area (Å²) in [6.07, 6.45) is 3.57. The lowest BCUT2D eigenvalue weighted by atomic mass is 9.89. The topological polar surface area (TPSA) is 45.3 Å². The Morgan fingerprint density at radius 3 is 2.59 bits per heavy atom. The second-order valence-electron chi connectivity index (χ2n) is 7.10. The Hall–Kier alpha value is -2.46. The number of fused-ring (bicyclic) bond motifs is 1. The van der Waals surface area contributed by atoms with Gasteiger partial charge < -0.3 is 14.6 Å². The van der Waals surface area contributed by atoms with Gasteiger partial charge in [0.05, 0.1) is 0 Å². The molecule has 5 heteroatoms. The number of H-pyrrole nitrogens is 1. The number of likely N-dealkylation sites (tertiary alicyclic amines) is 1. The van der Waals surface area contributed by atoms with Gasteiger partial charge in [-0.15, -0.1) is 0 Å². The van der Waals surface area contributed by atoms with Gasteiger partial charge in [0.2, 0.25) is 0 Å². The number of nitrogens with zero attached hydrogens (tertiary/aromatic N) is 1. The summed E-state index contributed by atoms with van der Waals surface area (Å²) in [6, 6.07) is 15.5. The molecular weight excluding hydrogens is 360 g/mol. The second-order valence-corrected chi connectivity index (χ2v) is 7.54. The summed E-state index contributed by atoms with van der Waals surface area (Å²) in [5.41, 5.74) is 2.54. The molecule has 0 radical (unpaired) electrons. The van der Waals surface area contributed by atoms with Crippen molar-refractivity contribution >= 4 is 28.4 Å². The molecule has 1 atom stereocenters. The largest absolute Gasteiger partial charge is 0.481 e. The molecule has 1 aromatic heterocycles. The number of halogens is 1. The number of nitrogens with one attached hydrogen (secondary N) is 1. The Balaban J connectivity index is 1.37. The predicted molar refractivity (Wildman–Crippen MR) is 108 cm³/mol. The number of benzene rings is 2. The van der Waals surface area contributed by atoms with Crippen LogP contribution >= 0.6 is 11.6 Å². The predicted octanol–water partition coefficient (Wildman–Crippen LogP) is 4.99. The Morgan fingerprint density at radius 1 is 1.15 bits per heavy atom. The van der Waals surface area contributed by atoms with Gasteiger partial charge in [-0.3, -0.25) is 4.79 Å². The molecule has 4 nitrogen and oxygen atoms in total. The monoisotopic (exact) mass is 382 g/mol.